The van der Waals surface area contributed by atoms with Gasteiger partial charge >= 0.3 is 5.97 Å². The fourth-order valence-corrected chi connectivity index (χ4v) is 2.38. The highest BCUT2D eigenvalue weighted by Gasteiger charge is 2.14. The topological polar surface area (TPSA) is 80.4 Å². The second kappa shape index (κ2) is 5.29. The van der Waals surface area contributed by atoms with Gasteiger partial charge in [-0.05, 0) is 34.0 Å². The minimum absolute atomic E-state index is 0.0997. The van der Waals surface area contributed by atoms with Gasteiger partial charge in [0.25, 0.3) is 5.69 Å². The van der Waals surface area contributed by atoms with E-state index in [-0.39, 0.29) is 11.3 Å². The van der Waals surface area contributed by atoms with E-state index in [1.54, 1.807) is 0 Å². The number of nitro benzene ring substituents is 1. The van der Waals surface area contributed by atoms with E-state index in [1.807, 2.05) is 42.5 Å². The molecule has 0 aliphatic rings. The lowest BCUT2D eigenvalue weighted by atomic mass is 9.99. The highest BCUT2D eigenvalue weighted by Crippen LogP contribution is 2.28. The molecule has 3 aromatic rings. The van der Waals surface area contributed by atoms with E-state index in [9.17, 15) is 14.9 Å². The zero-order valence-corrected chi connectivity index (χ0v) is 11.4. The average molecular weight is 293 g/mol. The molecule has 0 bridgehead atoms. The standard InChI is InChI=1S/C17H11NO4/c19-17(20)15-8-14(9-16(10-15)18(21)22)13-6-5-11-3-1-2-4-12(11)7-13/h1-10H,(H,19,20). The number of aromatic carboxylic acids is 1. The SMILES string of the molecule is O=C(O)c1cc(-c2ccc3ccccc3c2)cc([N+](=O)[O-])c1. The van der Waals surface area contributed by atoms with Crippen molar-refractivity contribution >= 4 is 22.4 Å². The Bertz CT molecular complexity index is 870. The van der Waals surface area contributed by atoms with Gasteiger partial charge in [0, 0.05) is 12.1 Å². The molecule has 1 N–H and O–H groups in total. The molecule has 0 fully saturated rings. The molecule has 0 saturated carbocycles. The van der Waals surface area contributed by atoms with Gasteiger partial charge in [-0.2, -0.15) is 0 Å². The van der Waals surface area contributed by atoms with Gasteiger partial charge in [0.15, 0.2) is 0 Å². The Hall–Kier alpha value is -3.21. The first-order chi connectivity index (χ1) is 10.5. The summed E-state index contributed by atoms with van der Waals surface area (Å²) in [6.07, 6.45) is 0. The van der Waals surface area contributed by atoms with Crippen LogP contribution in [0.4, 0.5) is 5.69 Å². The fourth-order valence-electron chi connectivity index (χ4n) is 2.38. The summed E-state index contributed by atoms with van der Waals surface area (Å²) >= 11 is 0. The van der Waals surface area contributed by atoms with Crippen LogP contribution >= 0.6 is 0 Å². The normalized spacial score (nSPS) is 10.5. The van der Waals surface area contributed by atoms with Crippen molar-refractivity contribution in [1.29, 1.82) is 0 Å². The number of carboxylic acids is 1. The van der Waals surface area contributed by atoms with Crippen LogP contribution in [0.25, 0.3) is 21.9 Å². The van der Waals surface area contributed by atoms with Crippen LogP contribution in [0.5, 0.6) is 0 Å². The Morgan fingerprint density at radius 3 is 2.32 bits per heavy atom. The molecule has 0 aromatic heterocycles. The number of benzene rings is 3. The maximum absolute atomic E-state index is 11.1. The zero-order chi connectivity index (χ0) is 15.7. The third-order valence-corrected chi connectivity index (χ3v) is 3.46. The van der Waals surface area contributed by atoms with E-state index in [1.165, 1.54) is 12.1 Å². The van der Waals surface area contributed by atoms with Crippen LogP contribution in [0.15, 0.2) is 60.7 Å². The molecule has 0 unspecified atom stereocenters. The molecule has 3 aromatic carbocycles. The predicted molar refractivity (Wildman–Crippen MR) is 83.0 cm³/mol. The lowest BCUT2D eigenvalue weighted by Gasteiger charge is -2.06. The molecule has 5 heteroatoms. The third kappa shape index (κ3) is 2.52. The van der Waals surface area contributed by atoms with Crippen molar-refractivity contribution in [1.82, 2.24) is 0 Å². The molecule has 3 rings (SSSR count). The largest absolute Gasteiger partial charge is 0.478 e. The van der Waals surface area contributed by atoms with E-state index >= 15 is 0 Å². The second-order valence-electron chi connectivity index (χ2n) is 4.89. The summed E-state index contributed by atoms with van der Waals surface area (Å²) in [6, 6.07) is 17.3. The molecule has 0 atom stereocenters. The summed E-state index contributed by atoms with van der Waals surface area (Å²) in [5, 5.41) is 22.1. The van der Waals surface area contributed by atoms with Crippen molar-refractivity contribution in [2.24, 2.45) is 0 Å². The van der Waals surface area contributed by atoms with Crippen LogP contribution in [-0.4, -0.2) is 16.0 Å². The number of non-ortho nitro benzene ring substituents is 1. The Morgan fingerprint density at radius 1 is 0.909 bits per heavy atom. The zero-order valence-electron chi connectivity index (χ0n) is 11.4. The number of nitrogens with zero attached hydrogens (tertiary/aromatic N) is 1. The van der Waals surface area contributed by atoms with Crippen LogP contribution in [-0.2, 0) is 0 Å². The van der Waals surface area contributed by atoms with E-state index in [0.29, 0.717) is 5.56 Å². The first-order valence-corrected chi connectivity index (χ1v) is 6.56. The molecule has 0 amide bonds. The molecule has 5 nitrogen and oxygen atoms in total. The summed E-state index contributed by atoms with van der Waals surface area (Å²) in [5.41, 5.74) is 0.919. The molecule has 0 aliphatic heterocycles. The number of rotatable bonds is 3. The molecule has 22 heavy (non-hydrogen) atoms. The smallest absolute Gasteiger partial charge is 0.335 e. The van der Waals surface area contributed by atoms with Crippen LogP contribution < -0.4 is 0 Å². The number of hydrogen-bond donors (Lipinski definition) is 1. The minimum atomic E-state index is -1.19. The fraction of sp³-hybridized carbons (Fsp3) is 0. The molecular formula is C17H11NO4. The maximum atomic E-state index is 11.1. The van der Waals surface area contributed by atoms with Gasteiger partial charge in [0.2, 0.25) is 0 Å². The van der Waals surface area contributed by atoms with Gasteiger partial charge in [-0.3, -0.25) is 10.1 Å². The molecule has 0 spiro atoms. The van der Waals surface area contributed by atoms with Crippen LogP contribution in [0.3, 0.4) is 0 Å². The molecule has 0 aliphatic carbocycles. The monoisotopic (exact) mass is 293 g/mol. The van der Waals surface area contributed by atoms with Crippen molar-refractivity contribution in [3.8, 4) is 11.1 Å². The quantitative estimate of drug-likeness (QED) is 0.582. The first-order valence-electron chi connectivity index (χ1n) is 6.56. The number of carboxylic acid groups (broad SMARTS) is 1. The maximum Gasteiger partial charge on any atom is 0.335 e. The summed E-state index contributed by atoms with van der Waals surface area (Å²) < 4.78 is 0. The molecule has 0 radical (unpaired) electrons. The van der Waals surface area contributed by atoms with Crippen molar-refractivity contribution < 1.29 is 14.8 Å². The second-order valence-corrected chi connectivity index (χ2v) is 4.89. The van der Waals surface area contributed by atoms with Gasteiger partial charge in [0.05, 0.1) is 10.5 Å². The lowest BCUT2D eigenvalue weighted by molar-refractivity contribution is -0.384. The lowest BCUT2D eigenvalue weighted by Crippen LogP contribution is -1.99. The highest BCUT2D eigenvalue weighted by molar-refractivity contribution is 5.92. The molecule has 0 saturated heterocycles. The number of hydrogen-bond acceptors (Lipinski definition) is 3. The number of fused-ring (bicyclic) bond motifs is 1. The Kier molecular flexibility index (Phi) is 3.31. The Labute approximate surface area is 125 Å². The van der Waals surface area contributed by atoms with E-state index in [2.05, 4.69) is 0 Å². The van der Waals surface area contributed by atoms with Gasteiger partial charge in [-0.25, -0.2) is 4.79 Å². The summed E-state index contributed by atoms with van der Waals surface area (Å²) in [5.74, 6) is -1.19. The van der Waals surface area contributed by atoms with Gasteiger partial charge < -0.3 is 5.11 Å². The van der Waals surface area contributed by atoms with E-state index in [0.717, 1.165) is 22.4 Å². The Morgan fingerprint density at radius 2 is 1.64 bits per heavy atom. The van der Waals surface area contributed by atoms with Crippen molar-refractivity contribution in [3.63, 3.8) is 0 Å². The summed E-state index contributed by atoms with van der Waals surface area (Å²) in [7, 11) is 0. The summed E-state index contributed by atoms with van der Waals surface area (Å²) in [6.45, 7) is 0. The van der Waals surface area contributed by atoms with Crippen LogP contribution in [0.2, 0.25) is 0 Å². The van der Waals surface area contributed by atoms with E-state index in [4.69, 9.17) is 5.11 Å². The average Bonchev–Trinajstić information content (AvgIpc) is 2.53. The molecular weight excluding hydrogens is 282 g/mol. The predicted octanol–water partition coefficient (Wildman–Crippen LogP) is 4.11. The van der Waals surface area contributed by atoms with Crippen LogP contribution in [0, 0.1) is 10.1 Å². The van der Waals surface area contributed by atoms with Crippen molar-refractivity contribution in [2.75, 3.05) is 0 Å². The van der Waals surface area contributed by atoms with Gasteiger partial charge in [0.1, 0.15) is 0 Å². The van der Waals surface area contributed by atoms with Crippen molar-refractivity contribution in [3.05, 3.63) is 76.3 Å². The minimum Gasteiger partial charge on any atom is -0.478 e. The number of carbonyl (C=O) groups is 1. The Balaban J connectivity index is 2.20. The van der Waals surface area contributed by atoms with Gasteiger partial charge in [-0.1, -0.05) is 36.4 Å². The molecule has 0 heterocycles. The van der Waals surface area contributed by atoms with Crippen molar-refractivity contribution in [2.45, 2.75) is 0 Å². The van der Waals surface area contributed by atoms with Crippen LogP contribution in [0.1, 0.15) is 10.4 Å². The van der Waals surface area contributed by atoms with Gasteiger partial charge in [-0.15, -0.1) is 0 Å². The summed E-state index contributed by atoms with van der Waals surface area (Å²) in [4.78, 5) is 21.5. The highest BCUT2D eigenvalue weighted by atomic mass is 16.6. The van der Waals surface area contributed by atoms with E-state index < -0.39 is 10.9 Å². The molecule has 108 valence electrons. The number of nitro groups is 1. The first kappa shape index (κ1) is 13.8. The third-order valence-electron chi connectivity index (χ3n) is 3.46.